The molecule has 0 saturated carbocycles. The molecule has 2 aromatic carbocycles. The Morgan fingerprint density at radius 2 is 1.78 bits per heavy atom. The number of hydrogen-bond donors (Lipinski definition) is 1. The first-order valence-electron chi connectivity index (χ1n) is 7.63. The molecule has 0 atom stereocenters. The predicted octanol–water partition coefficient (Wildman–Crippen LogP) is 3.33. The van der Waals surface area contributed by atoms with Crippen LogP contribution in [0.25, 0.3) is 11.0 Å². The van der Waals surface area contributed by atoms with Crippen LogP contribution in [0.1, 0.15) is 22.3 Å². The largest absolute Gasteiger partial charge is 0.423 e. The van der Waals surface area contributed by atoms with Crippen molar-refractivity contribution in [3.63, 3.8) is 0 Å². The summed E-state index contributed by atoms with van der Waals surface area (Å²) in [4.78, 5) is 11.8. The summed E-state index contributed by atoms with van der Waals surface area (Å²) in [6.45, 7) is 5.55. The molecule has 0 aliphatic heterocycles. The third kappa shape index (κ3) is 3.63. The van der Waals surface area contributed by atoms with Crippen LogP contribution in [0.4, 0.5) is 0 Å². The molecule has 3 aromatic rings. The van der Waals surface area contributed by atoms with Gasteiger partial charge in [0.15, 0.2) is 0 Å². The highest BCUT2D eigenvalue weighted by Gasteiger charge is 2.10. The maximum absolute atomic E-state index is 11.8. The molecule has 0 unspecified atom stereocenters. The molecule has 3 rings (SSSR count). The molecule has 0 aliphatic carbocycles. The molecule has 23 heavy (non-hydrogen) atoms. The minimum atomic E-state index is -0.321. The number of nitrogens with two attached hydrogens (primary N) is 1. The molecule has 0 aliphatic rings. The van der Waals surface area contributed by atoms with Crippen LogP contribution in [-0.4, -0.2) is 0 Å². The van der Waals surface area contributed by atoms with Crippen molar-refractivity contribution in [1.29, 1.82) is 0 Å². The molecule has 0 saturated heterocycles. The number of fused-ring (bicyclic) bond motifs is 1. The third-order valence-electron chi connectivity index (χ3n) is 3.97. The molecule has 0 amide bonds. The van der Waals surface area contributed by atoms with Crippen molar-refractivity contribution in [3.05, 3.63) is 80.2 Å². The van der Waals surface area contributed by atoms with Gasteiger partial charge in [-0.2, -0.15) is 0 Å². The van der Waals surface area contributed by atoms with Gasteiger partial charge in [-0.3, -0.25) is 0 Å². The highest BCUT2D eigenvalue weighted by molar-refractivity contribution is 6.32. The zero-order chi connectivity index (χ0) is 16.4. The van der Waals surface area contributed by atoms with Gasteiger partial charge < -0.3 is 9.73 Å². The number of aryl methyl sites for hydroxylation is 2. The summed E-state index contributed by atoms with van der Waals surface area (Å²) < 4.78 is 5.29. The fourth-order valence-corrected chi connectivity index (χ4v) is 2.80. The van der Waals surface area contributed by atoms with Crippen molar-refractivity contribution < 1.29 is 9.73 Å². The van der Waals surface area contributed by atoms with E-state index in [1.54, 1.807) is 6.07 Å². The molecule has 0 radical (unpaired) electrons. The Morgan fingerprint density at radius 3 is 2.52 bits per heavy atom. The van der Waals surface area contributed by atoms with Crippen molar-refractivity contribution in [2.24, 2.45) is 0 Å². The van der Waals surface area contributed by atoms with Crippen molar-refractivity contribution in [2.75, 3.05) is 0 Å². The predicted molar refractivity (Wildman–Crippen MR) is 92.7 cm³/mol. The van der Waals surface area contributed by atoms with Gasteiger partial charge in [0.05, 0.1) is 0 Å². The zero-order valence-corrected chi connectivity index (χ0v) is 14.0. The van der Waals surface area contributed by atoms with Crippen LogP contribution in [0.3, 0.4) is 0 Å². The van der Waals surface area contributed by atoms with Gasteiger partial charge in [-0.25, -0.2) is 4.79 Å². The lowest BCUT2D eigenvalue weighted by atomic mass is 10.1. The highest BCUT2D eigenvalue weighted by Crippen LogP contribution is 2.24. The Kier molecular flexibility index (Phi) is 4.51. The van der Waals surface area contributed by atoms with Crippen LogP contribution >= 0.6 is 11.6 Å². The fraction of sp³-hybridized carbons (Fsp3) is 0.211. The van der Waals surface area contributed by atoms with Gasteiger partial charge in [0.2, 0.25) is 0 Å². The van der Waals surface area contributed by atoms with Gasteiger partial charge in [0.1, 0.15) is 18.7 Å². The number of hydrogen-bond acceptors (Lipinski definition) is 2. The molecule has 0 fully saturated rings. The molecule has 3 nitrogen and oxygen atoms in total. The number of halogens is 1. The van der Waals surface area contributed by atoms with E-state index in [1.807, 2.05) is 19.1 Å². The molecular formula is C19H19ClNO2+. The molecule has 4 heteroatoms. The van der Waals surface area contributed by atoms with Gasteiger partial charge in [0.25, 0.3) is 0 Å². The van der Waals surface area contributed by atoms with E-state index in [1.165, 1.54) is 11.1 Å². The van der Waals surface area contributed by atoms with Gasteiger partial charge in [-0.05, 0) is 31.5 Å². The SMILES string of the molecule is Cc1ccc(C[NH2+]Cc2cc(=O)oc3cc(C)c(Cl)cc23)cc1. The van der Waals surface area contributed by atoms with E-state index in [0.717, 1.165) is 23.1 Å². The average Bonchev–Trinajstić information content (AvgIpc) is 2.51. The van der Waals surface area contributed by atoms with Crippen molar-refractivity contribution in [2.45, 2.75) is 26.9 Å². The summed E-state index contributed by atoms with van der Waals surface area (Å²) >= 11 is 6.21. The van der Waals surface area contributed by atoms with Crippen LogP contribution in [0.15, 0.2) is 51.7 Å². The first-order chi connectivity index (χ1) is 11.0. The van der Waals surface area contributed by atoms with E-state index in [4.69, 9.17) is 16.0 Å². The monoisotopic (exact) mass is 328 g/mol. The minimum absolute atomic E-state index is 0.321. The van der Waals surface area contributed by atoms with Gasteiger partial charge >= 0.3 is 5.63 Å². The van der Waals surface area contributed by atoms with E-state index >= 15 is 0 Å². The molecule has 1 heterocycles. The Bertz CT molecular complexity index is 898. The summed E-state index contributed by atoms with van der Waals surface area (Å²) in [7, 11) is 0. The van der Waals surface area contributed by atoms with Gasteiger partial charge in [-0.15, -0.1) is 0 Å². The standard InChI is InChI=1S/C19H18ClNO2/c1-12-3-5-14(6-4-12)10-21-11-15-8-19(22)23-18-7-13(2)17(20)9-16(15)18/h3-9,21H,10-11H2,1-2H3/p+1. The summed E-state index contributed by atoms with van der Waals surface area (Å²) in [5.74, 6) is 0. The minimum Gasteiger partial charge on any atom is -0.423 e. The lowest BCUT2D eigenvalue weighted by Gasteiger charge is -2.07. The Balaban J connectivity index is 1.83. The first kappa shape index (κ1) is 15.8. The second-order valence-electron chi connectivity index (χ2n) is 5.87. The van der Waals surface area contributed by atoms with Crippen LogP contribution in [0.5, 0.6) is 0 Å². The Hall–Kier alpha value is -2.10. The molecular weight excluding hydrogens is 310 g/mol. The smallest absolute Gasteiger partial charge is 0.336 e. The maximum Gasteiger partial charge on any atom is 0.336 e. The summed E-state index contributed by atoms with van der Waals surface area (Å²) in [6.07, 6.45) is 0. The van der Waals surface area contributed by atoms with Gasteiger partial charge in [-0.1, -0.05) is 41.4 Å². The second-order valence-corrected chi connectivity index (χ2v) is 6.28. The van der Waals surface area contributed by atoms with Crippen molar-refractivity contribution >= 4 is 22.6 Å². The maximum atomic E-state index is 11.8. The lowest BCUT2D eigenvalue weighted by molar-refractivity contribution is -0.686. The summed E-state index contributed by atoms with van der Waals surface area (Å²) in [6, 6.07) is 13.7. The summed E-state index contributed by atoms with van der Waals surface area (Å²) in [5.41, 5.74) is 4.65. The quantitative estimate of drug-likeness (QED) is 0.747. The Labute approximate surface area is 139 Å². The molecule has 0 spiro atoms. The third-order valence-corrected chi connectivity index (χ3v) is 4.38. The van der Waals surface area contributed by atoms with E-state index in [2.05, 4.69) is 36.5 Å². The lowest BCUT2D eigenvalue weighted by Crippen LogP contribution is -2.80. The first-order valence-corrected chi connectivity index (χ1v) is 8.01. The average molecular weight is 329 g/mol. The van der Waals surface area contributed by atoms with Crippen LogP contribution in [0.2, 0.25) is 5.02 Å². The molecule has 1 aromatic heterocycles. The van der Waals surface area contributed by atoms with E-state index in [0.29, 0.717) is 17.2 Å². The molecule has 2 N–H and O–H groups in total. The van der Waals surface area contributed by atoms with Gasteiger partial charge in [0, 0.05) is 27.6 Å². The normalized spacial score (nSPS) is 11.1. The number of benzene rings is 2. The van der Waals surface area contributed by atoms with Crippen molar-refractivity contribution in [1.82, 2.24) is 0 Å². The summed E-state index contributed by atoms with van der Waals surface area (Å²) in [5, 5.41) is 3.76. The van der Waals surface area contributed by atoms with Crippen molar-refractivity contribution in [3.8, 4) is 0 Å². The molecule has 0 bridgehead atoms. The van der Waals surface area contributed by atoms with Crippen LogP contribution < -0.4 is 10.9 Å². The second kappa shape index (κ2) is 6.57. The fourth-order valence-electron chi connectivity index (χ4n) is 2.64. The van der Waals surface area contributed by atoms with Crippen LogP contribution in [0, 0.1) is 13.8 Å². The van der Waals surface area contributed by atoms with E-state index in [9.17, 15) is 4.79 Å². The Morgan fingerprint density at radius 1 is 1.04 bits per heavy atom. The zero-order valence-electron chi connectivity index (χ0n) is 13.2. The molecule has 118 valence electrons. The number of rotatable bonds is 4. The highest BCUT2D eigenvalue weighted by atomic mass is 35.5. The number of quaternary nitrogens is 1. The van der Waals surface area contributed by atoms with E-state index in [-0.39, 0.29) is 5.63 Å². The topological polar surface area (TPSA) is 46.8 Å². The van der Waals surface area contributed by atoms with E-state index < -0.39 is 0 Å². The van der Waals surface area contributed by atoms with Crippen LogP contribution in [-0.2, 0) is 13.1 Å².